The van der Waals surface area contributed by atoms with E-state index in [0.29, 0.717) is 5.56 Å². The van der Waals surface area contributed by atoms with E-state index in [1.807, 2.05) is 50.7 Å². The molecule has 7 heteroatoms. The van der Waals surface area contributed by atoms with Gasteiger partial charge in [-0.15, -0.1) is 11.3 Å². The minimum atomic E-state index is -0.522. The third kappa shape index (κ3) is 3.60. The molecule has 1 N–H and O–H groups in total. The molecule has 0 spiro atoms. The van der Waals surface area contributed by atoms with Gasteiger partial charge < -0.3 is 14.6 Å². The molecule has 0 saturated heterocycles. The van der Waals surface area contributed by atoms with Gasteiger partial charge in [0.1, 0.15) is 5.60 Å². The molecule has 0 fully saturated rings. The summed E-state index contributed by atoms with van der Waals surface area (Å²) < 4.78 is 7.70. The lowest BCUT2D eigenvalue weighted by Crippen LogP contribution is -2.39. The zero-order valence-electron chi connectivity index (χ0n) is 16.2. The minimum Gasteiger partial charge on any atom is -0.444 e. The van der Waals surface area contributed by atoms with Gasteiger partial charge in [-0.1, -0.05) is 0 Å². The van der Waals surface area contributed by atoms with Gasteiger partial charge in [0.2, 0.25) is 0 Å². The molecule has 144 valence electrons. The quantitative estimate of drug-likeness (QED) is 0.728. The Morgan fingerprint density at radius 3 is 2.93 bits per heavy atom. The Bertz CT molecular complexity index is 1070. The van der Waals surface area contributed by atoms with Crippen molar-refractivity contribution in [1.29, 1.82) is 5.26 Å². The number of ether oxygens (including phenoxy) is 1. The lowest BCUT2D eigenvalue weighted by atomic mass is 10.1. The zero-order chi connectivity index (χ0) is 19.9. The fourth-order valence-electron chi connectivity index (χ4n) is 3.79. The van der Waals surface area contributed by atoms with Crippen molar-refractivity contribution in [2.75, 3.05) is 0 Å². The van der Waals surface area contributed by atoms with Crippen LogP contribution in [0.3, 0.4) is 0 Å². The van der Waals surface area contributed by atoms with Crippen molar-refractivity contribution >= 4 is 28.3 Å². The number of fused-ring (bicyclic) bond motifs is 3. The molecule has 1 aromatic carbocycles. The van der Waals surface area contributed by atoms with E-state index in [1.54, 1.807) is 11.3 Å². The maximum Gasteiger partial charge on any atom is 0.407 e. The second kappa shape index (κ2) is 6.95. The number of carbonyl (C=O) groups is 1. The standard InChI is InChI=1S/C21H22N4O2S/c1-21(2,3)27-20(26)24-14-7-17-16-6-13(9-22)4-5-18(16)25(19(17)8-14)11-15-10-23-12-28-15/h4-6,10,12,14H,7-8,11H2,1-3H3,(H,24,26). The smallest absolute Gasteiger partial charge is 0.407 e. The highest BCUT2D eigenvalue weighted by Crippen LogP contribution is 2.35. The van der Waals surface area contributed by atoms with Crippen molar-refractivity contribution in [3.05, 3.63) is 51.6 Å². The summed E-state index contributed by atoms with van der Waals surface area (Å²) >= 11 is 1.63. The Kier molecular flexibility index (Phi) is 4.60. The highest BCUT2D eigenvalue weighted by Gasteiger charge is 2.30. The molecule has 1 atom stereocenters. The van der Waals surface area contributed by atoms with E-state index < -0.39 is 11.7 Å². The van der Waals surface area contributed by atoms with E-state index in [4.69, 9.17) is 4.74 Å². The molecular weight excluding hydrogens is 372 g/mol. The summed E-state index contributed by atoms with van der Waals surface area (Å²) in [6.07, 6.45) is 2.97. The van der Waals surface area contributed by atoms with Gasteiger partial charge in [0.15, 0.2) is 0 Å². The van der Waals surface area contributed by atoms with Gasteiger partial charge in [-0.25, -0.2) is 4.79 Å². The van der Waals surface area contributed by atoms with Crippen molar-refractivity contribution < 1.29 is 9.53 Å². The van der Waals surface area contributed by atoms with Crippen molar-refractivity contribution in [2.45, 2.75) is 51.8 Å². The van der Waals surface area contributed by atoms with Crippen LogP contribution in [0.25, 0.3) is 10.9 Å². The number of amides is 1. The number of aromatic nitrogens is 2. The number of nitriles is 1. The Morgan fingerprint density at radius 2 is 2.25 bits per heavy atom. The fraction of sp³-hybridized carbons (Fsp3) is 0.381. The molecule has 2 heterocycles. The minimum absolute atomic E-state index is 0.0114. The van der Waals surface area contributed by atoms with Crippen LogP contribution >= 0.6 is 11.3 Å². The van der Waals surface area contributed by atoms with Crippen LogP contribution in [-0.2, 0) is 24.1 Å². The van der Waals surface area contributed by atoms with E-state index in [0.717, 1.165) is 30.3 Å². The maximum absolute atomic E-state index is 12.2. The number of rotatable bonds is 3. The van der Waals surface area contributed by atoms with Crippen LogP contribution in [-0.4, -0.2) is 27.3 Å². The number of benzene rings is 1. The molecule has 1 unspecified atom stereocenters. The van der Waals surface area contributed by atoms with E-state index in [-0.39, 0.29) is 6.04 Å². The van der Waals surface area contributed by atoms with Crippen LogP contribution in [0.4, 0.5) is 4.79 Å². The molecule has 6 nitrogen and oxygen atoms in total. The summed E-state index contributed by atoms with van der Waals surface area (Å²) in [5, 5.41) is 13.4. The summed E-state index contributed by atoms with van der Waals surface area (Å²) in [6.45, 7) is 6.31. The molecule has 3 aromatic rings. The average molecular weight is 395 g/mol. The largest absolute Gasteiger partial charge is 0.444 e. The van der Waals surface area contributed by atoms with Gasteiger partial charge in [-0.3, -0.25) is 4.98 Å². The summed E-state index contributed by atoms with van der Waals surface area (Å²) in [5.74, 6) is 0. The number of alkyl carbamates (subject to hydrolysis) is 1. The molecule has 28 heavy (non-hydrogen) atoms. The summed E-state index contributed by atoms with van der Waals surface area (Å²) in [4.78, 5) is 17.6. The van der Waals surface area contributed by atoms with Crippen LogP contribution in [0.1, 0.15) is 42.5 Å². The summed E-state index contributed by atoms with van der Waals surface area (Å²) in [6, 6.07) is 8.04. The summed E-state index contributed by atoms with van der Waals surface area (Å²) in [7, 11) is 0. The number of carbonyl (C=O) groups excluding carboxylic acids is 1. The van der Waals surface area contributed by atoms with Gasteiger partial charge in [-0.05, 0) is 51.0 Å². The van der Waals surface area contributed by atoms with Crippen LogP contribution in [0, 0.1) is 11.3 Å². The number of hydrogen-bond acceptors (Lipinski definition) is 5. The Balaban J connectivity index is 1.66. The van der Waals surface area contributed by atoms with Crippen LogP contribution < -0.4 is 5.32 Å². The normalized spacial score (nSPS) is 16.0. The van der Waals surface area contributed by atoms with Gasteiger partial charge >= 0.3 is 6.09 Å². The van der Waals surface area contributed by atoms with E-state index in [9.17, 15) is 10.1 Å². The predicted molar refractivity (Wildman–Crippen MR) is 108 cm³/mol. The third-order valence-corrected chi connectivity index (χ3v) is 5.59. The first-order valence-corrected chi connectivity index (χ1v) is 10.1. The highest BCUT2D eigenvalue weighted by atomic mass is 32.1. The van der Waals surface area contributed by atoms with Gasteiger partial charge in [0, 0.05) is 40.1 Å². The van der Waals surface area contributed by atoms with Gasteiger partial charge in [-0.2, -0.15) is 5.26 Å². The van der Waals surface area contributed by atoms with Crippen LogP contribution in [0.5, 0.6) is 0 Å². The molecular formula is C21H22N4O2S. The topological polar surface area (TPSA) is 79.9 Å². The maximum atomic E-state index is 12.2. The Hall–Kier alpha value is -2.85. The first-order valence-electron chi connectivity index (χ1n) is 9.25. The Labute approximate surface area is 167 Å². The molecule has 2 aromatic heterocycles. The molecule has 1 amide bonds. The SMILES string of the molecule is CC(C)(C)OC(=O)NC1Cc2c(n(Cc3cncs3)c3ccc(C#N)cc23)C1. The van der Waals surface area contributed by atoms with Crippen molar-refractivity contribution in [3.63, 3.8) is 0 Å². The van der Waals surface area contributed by atoms with Gasteiger partial charge in [0.25, 0.3) is 0 Å². The number of hydrogen-bond donors (Lipinski definition) is 1. The van der Waals surface area contributed by atoms with Crippen molar-refractivity contribution in [2.24, 2.45) is 0 Å². The molecule has 0 bridgehead atoms. The number of thiazole rings is 1. The number of nitrogens with one attached hydrogen (secondary N) is 1. The first-order chi connectivity index (χ1) is 13.3. The summed E-state index contributed by atoms with van der Waals surface area (Å²) in [5.41, 5.74) is 5.49. The number of nitrogens with zero attached hydrogens (tertiary/aromatic N) is 3. The Morgan fingerprint density at radius 1 is 1.43 bits per heavy atom. The lowest BCUT2D eigenvalue weighted by Gasteiger charge is -2.22. The third-order valence-electron chi connectivity index (χ3n) is 4.82. The molecule has 0 saturated carbocycles. The lowest BCUT2D eigenvalue weighted by molar-refractivity contribution is 0.0506. The predicted octanol–water partition coefficient (Wildman–Crippen LogP) is 4.01. The molecule has 4 rings (SSSR count). The van der Waals surface area contributed by atoms with E-state index in [1.165, 1.54) is 16.1 Å². The molecule has 1 aliphatic carbocycles. The average Bonchev–Trinajstić information content (AvgIpc) is 3.31. The second-order valence-corrected chi connectivity index (χ2v) is 9.05. The van der Waals surface area contributed by atoms with E-state index >= 15 is 0 Å². The highest BCUT2D eigenvalue weighted by molar-refractivity contribution is 7.09. The molecule has 1 aliphatic rings. The van der Waals surface area contributed by atoms with Crippen molar-refractivity contribution in [3.8, 4) is 6.07 Å². The van der Waals surface area contributed by atoms with Crippen LogP contribution in [0.15, 0.2) is 29.9 Å². The van der Waals surface area contributed by atoms with E-state index in [2.05, 4.69) is 20.9 Å². The molecule has 0 radical (unpaired) electrons. The van der Waals surface area contributed by atoms with Crippen LogP contribution in [0.2, 0.25) is 0 Å². The monoisotopic (exact) mass is 394 g/mol. The molecule has 0 aliphatic heterocycles. The second-order valence-electron chi connectivity index (χ2n) is 8.07. The first kappa shape index (κ1) is 18.5. The zero-order valence-corrected chi connectivity index (χ0v) is 17.0. The fourth-order valence-corrected chi connectivity index (χ4v) is 4.37. The van der Waals surface area contributed by atoms with Gasteiger partial charge in [0.05, 0.1) is 23.7 Å². The van der Waals surface area contributed by atoms with Crippen molar-refractivity contribution in [1.82, 2.24) is 14.9 Å².